The van der Waals surface area contributed by atoms with Gasteiger partial charge in [-0.15, -0.1) is 26.3 Å². The fourth-order valence-electron chi connectivity index (χ4n) is 4.36. The van der Waals surface area contributed by atoms with E-state index in [0.29, 0.717) is 0 Å². The maximum atomic E-state index is 14.7. The normalized spacial score (nSPS) is 13.4. The molecule has 0 N–H and O–H groups in total. The quantitative estimate of drug-likeness (QED) is 0.0942. The van der Waals surface area contributed by atoms with Gasteiger partial charge in [0.25, 0.3) is 0 Å². The number of nitrogens with zero attached hydrogens (tertiary/aromatic N) is 1. The van der Waals surface area contributed by atoms with Crippen molar-refractivity contribution in [2.45, 2.75) is 25.1 Å². The van der Waals surface area contributed by atoms with Crippen LogP contribution >= 0.6 is 0 Å². The summed E-state index contributed by atoms with van der Waals surface area (Å²) in [7, 11) is 0. The Bertz CT molecular complexity index is 1690. The Morgan fingerprint density at radius 2 is 0.844 bits per heavy atom. The maximum absolute atomic E-state index is 14.7. The molecule has 0 bridgehead atoms. The Hall–Kier alpha value is -4.70. The molecule has 0 amide bonds. The second-order valence-electron chi connectivity index (χ2n) is 8.69. The number of halogens is 17. The van der Waals surface area contributed by atoms with E-state index in [-0.39, 0.29) is 24.3 Å². The number of nitriles is 1. The molecule has 0 aromatic heterocycles. The Morgan fingerprint density at radius 1 is 0.511 bits per heavy atom. The van der Waals surface area contributed by atoms with Gasteiger partial charge in [0, 0.05) is 5.57 Å². The van der Waals surface area contributed by atoms with Gasteiger partial charge in [-0.3, -0.25) is 0 Å². The average Bonchev–Trinajstić information content (AvgIpc) is 3.17. The lowest BCUT2D eigenvalue weighted by molar-refractivity contribution is -0.277. The van der Waals surface area contributed by atoms with Gasteiger partial charge in [0.15, 0.2) is 23.3 Å². The molecular weight excluding hydrogens is 669 g/mol. The van der Waals surface area contributed by atoms with E-state index in [1.165, 1.54) is 0 Å². The molecule has 0 atom stereocenters. The Labute approximate surface area is 236 Å². The van der Waals surface area contributed by atoms with Crippen LogP contribution in [0.1, 0.15) is 27.8 Å². The number of ether oxygens (including phenoxy) is 2. The number of fused-ring (bicyclic) bond motifs is 3. The summed E-state index contributed by atoms with van der Waals surface area (Å²) >= 11 is 0. The van der Waals surface area contributed by atoms with Gasteiger partial charge in [-0.05, 0) is 46.5 Å². The molecular formula is C25H4F17NO2. The topological polar surface area (TPSA) is 42.2 Å². The first-order valence-corrected chi connectivity index (χ1v) is 11.1. The molecule has 20 heteroatoms. The van der Waals surface area contributed by atoms with Crippen molar-refractivity contribution in [3.05, 3.63) is 81.2 Å². The molecule has 0 saturated carbocycles. The third-order valence-corrected chi connectivity index (χ3v) is 5.95. The highest BCUT2D eigenvalue weighted by molar-refractivity contribution is 6.14. The molecule has 0 aliphatic heterocycles. The van der Waals surface area contributed by atoms with Crippen LogP contribution in [0.5, 0.6) is 11.5 Å². The zero-order valence-electron chi connectivity index (χ0n) is 20.5. The van der Waals surface area contributed by atoms with Crippen LogP contribution in [-0.4, -0.2) is 12.7 Å². The van der Waals surface area contributed by atoms with E-state index in [1.807, 2.05) is 0 Å². The lowest BCUT2D eigenvalue weighted by atomic mass is 9.91. The van der Waals surface area contributed by atoms with Gasteiger partial charge in [0.05, 0.1) is 22.3 Å². The van der Waals surface area contributed by atoms with Gasteiger partial charge in [-0.1, -0.05) is 0 Å². The molecule has 240 valence electrons. The lowest BCUT2D eigenvalue weighted by Gasteiger charge is -2.18. The van der Waals surface area contributed by atoms with E-state index in [1.54, 1.807) is 0 Å². The van der Waals surface area contributed by atoms with Gasteiger partial charge in [-0.2, -0.15) is 31.6 Å². The van der Waals surface area contributed by atoms with Gasteiger partial charge < -0.3 is 9.47 Å². The number of hydrogen-bond acceptors (Lipinski definition) is 3. The average molecular weight is 673 g/mol. The van der Waals surface area contributed by atoms with Gasteiger partial charge >= 0.3 is 25.1 Å². The number of rotatable bonds is 3. The molecule has 0 heterocycles. The third kappa shape index (κ3) is 6.02. The fraction of sp³-hybridized carbons (Fsp3) is 0.160. The Kier molecular flexibility index (Phi) is 7.70. The predicted octanol–water partition coefficient (Wildman–Crippen LogP) is 9.68. The molecule has 3 aromatic rings. The molecule has 0 fully saturated rings. The van der Waals surface area contributed by atoms with Crippen molar-refractivity contribution < 1.29 is 84.1 Å². The summed E-state index contributed by atoms with van der Waals surface area (Å²) < 4.78 is 239. The summed E-state index contributed by atoms with van der Waals surface area (Å²) in [5.41, 5.74) is -15.3. The van der Waals surface area contributed by atoms with Crippen molar-refractivity contribution in [3.63, 3.8) is 0 Å². The van der Waals surface area contributed by atoms with E-state index in [2.05, 4.69) is 9.47 Å². The zero-order valence-corrected chi connectivity index (χ0v) is 20.5. The highest BCUT2D eigenvalue weighted by Crippen LogP contribution is 2.55. The van der Waals surface area contributed by atoms with Crippen molar-refractivity contribution in [3.8, 4) is 28.7 Å². The van der Waals surface area contributed by atoms with Gasteiger partial charge in [0.2, 0.25) is 5.82 Å². The second-order valence-corrected chi connectivity index (χ2v) is 8.69. The summed E-state index contributed by atoms with van der Waals surface area (Å²) in [5.74, 6) is -18.2. The standard InChI is InChI=1S/C25H4F17NO2/c26-17-16(18(27)20(29)21(30)19(17)28)10(5-43)15-8-1-11(22(31,32)33)13(44-24(37,38)39)3-6(8)7-4-14(45-25(40,41)42)12(2-9(7)15)23(34,35)36/h1-4H. The molecule has 45 heavy (non-hydrogen) atoms. The van der Waals surface area contributed by atoms with E-state index in [4.69, 9.17) is 0 Å². The zero-order chi connectivity index (χ0) is 34.2. The molecule has 3 nitrogen and oxygen atoms in total. The molecule has 0 spiro atoms. The van der Waals surface area contributed by atoms with Crippen molar-refractivity contribution in [1.29, 1.82) is 5.26 Å². The fourth-order valence-corrected chi connectivity index (χ4v) is 4.36. The predicted molar refractivity (Wildman–Crippen MR) is 113 cm³/mol. The van der Waals surface area contributed by atoms with E-state index in [9.17, 15) is 79.9 Å². The van der Waals surface area contributed by atoms with Crippen molar-refractivity contribution in [2.75, 3.05) is 0 Å². The summed E-state index contributed by atoms with van der Waals surface area (Å²) in [5, 5.41) is 9.69. The van der Waals surface area contributed by atoms with Crippen LogP contribution in [0.15, 0.2) is 24.3 Å². The van der Waals surface area contributed by atoms with E-state index < -0.39 is 116 Å². The van der Waals surface area contributed by atoms with E-state index in [0.717, 1.165) is 6.07 Å². The summed E-state index contributed by atoms with van der Waals surface area (Å²) in [6.45, 7) is 0. The minimum absolute atomic E-state index is 0.185. The molecule has 3 aromatic carbocycles. The largest absolute Gasteiger partial charge is 0.573 e. The van der Waals surface area contributed by atoms with Crippen LogP contribution in [0, 0.1) is 40.4 Å². The molecule has 1 aliphatic carbocycles. The molecule has 0 radical (unpaired) electrons. The van der Waals surface area contributed by atoms with Crippen LogP contribution in [0.3, 0.4) is 0 Å². The Morgan fingerprint density at radius 3 is 1.13 bits per heavy atom. The number of alkyl halides is 12. The Balaban J connectivity index is 2.28. The van der Waals surface area contributed by atoms with Crippen molar-refractivity contribution in [2.24, 2.45) is 0 Å². The first kappa shape index (κ1) is 33.2. The smallest absolute Gasteiger partial charge is 0.405 e. The van der Waals surface area contributed by atoms with Crippen LogP contribution in [0.25, 0.3) is 22.3 Å². The maximum Gasteiger partial charge on any atom is 0.573 e. The third-order valence-electron chi connectivity index (χ3n) is 5.95. The van der Waals surface area contributed by atoms with Crippen LogP contribution in [-0.2, 0) is 12.4 Å². The lowest BCUT2D eigenvalue weighted by Crippen LogP contribution is -2.20. The molecule has 4 rings (SSSR count). The molecule has 0 unspecified atom stereocenters. The minimum atomic E-state index is -5.88. The highest BCUT2D eigenvalue weighted by atomic mass is 19.4. The summed E-state index contributed by atoms with van der Waals surface area (Å²) in [6.07, 6.45) is -23.4. The monoisotopic (exact) mass is 673 g/mol. The van der Waals surface area contributed by atoms with Crippen molar-refractivity contribution in [1.82, 2.24) is 0 Å². The first-order chi connectivity index (χ1) is 20.4. The highest BCUT2D eigenvalue weighted by Gasteiger charge is 2.45. The van der Waals surface area contributed by atoms with E-state index >= 15 is 0 Å². The SMILES string of the molecule is N#CC(=C1c2cc(C(F)(F)F)c(OC(F)(F)F)cc2-c2cc(OC(F)(F)F)c(C(F)(F)F)cc21)c1c(F)c(F)c(F)c(F)c1F. The van der Waals surface area contributed by atoms with Crippen LogP contribution < -0.4 is 9.47 Å². The molecule has 0 saturated heterocycles. The second kappa shape index (κ2) is 10.4. The molecule has 1 aliphatic rings. The minimum Gasteiger partial charge on any atom is -0.405 e. The van der Waals surface area contributed by atoms with Crippen LogP contribution in [0.4, 0.5) is 74.6 Å². The first-order valence-electron chi connectivity index (χ1n) is 11.1. The van der Waals surface area contributed by atoms with Crippen LogP contribution in [0.2, 0.25) is 0 Å². The van der Waals surface area contributed by atoms with Crippen molar-refractivity contribution >= 4 is 11.1 Å². The number of hydrogen-bond donors (Lipinski definition) is 0. The van der Waals surface area contributed by atoms with Gasteiger partial charge in [0.1, 0.15) is 17.6 Å². The number of benzene rings is 3. The number of allylic oxidation sites excluding steroid dienone is 1. The van der Waals surface area contributed by atoms with Gasteiger partial charge in [-0.25, -0.2) is 22.0 Å². The summed E-state index contributed by atoms with van der Waals surface area (Å²) in [6, 6.07) is -0.172. The summed E-state index contributed by atoms with van der Waals surface area (Å²) in [4.78, 5) is 0.